The number of rotatable bonds is 8. The van der Waals surface area contributed by atoms with E-state index in [4.69, 9.17) is 18.6 Å². The molecule has 4 aromatic rings. The molecule has 2 aliphatic rings. The highest BCUT2D eigenvalue weighted by molar-refractivity contribution is 6.46. The zero-order valence-corrected chi connectivity index (χ0v) is 29.6. The summed E-state index contributed by atoms with van der Waals surface area (Å²) in [7, 11) is 3.74. The van der Waals surface area contributed by atoms with E-state index in [1.54, 1.807) is 0 Å². The minimum atomic E-state index is -0.286. The van der Waals surface area contributed by atoms with Crippen LogP contribution in [0.5, 0.6) is 0 Å². The first-order valence-electron chi connectivity index (χ1n) is 16.5. The molecule has 0 aliphatic carbocycles. The van der Waals surface area contributed by atoms with Crippen LogP contribution in [0.15, 0.2) is 86.2 Å². The first-order valence-corrected chi connectivity index (χ1v) is 16.5. The van der Waals surface area contributed by atoms with Gasteiger partial charge < -0.3 is 27.8 Å². The summed E-state index contributed by atoms with van der Waals surface area (Å²) in [6.45, 7) is 24.8. The fourth-order valence-corrected chi connectivity index (χ4v) is 6.29. The lowest BCUT2D eigenvalue weighted by atomic mass is 9.75. The molecule has 2 fully saturated rings. The van der Waals surface area contributed by atoms with E-state index in [0.29, 0.717) is 0 Å². The van der Waals surface area contributed by atoms with Crippen molar-refractivity contribution < 1.29 is 18.6 Å². The van der Waals surface area contributed by atoms with Crippen molar-refractivity contribution in [2.24, 2.45) is 14.1 Å². The van der Waals surface area contributed by atoms with Crippen LogP contribution in [0.4, 0.5) is 0 Å². The van der Waals surface area contributed by atoms with Crippen LogP contribution in [0.25, 0.3) is 21.8 Å². The second kappa shape index (κ2) is 12.5. The molecule has 0 saturated carbocycles. The molecule has 0 unspecified atom stereocenters. The molecule has 0 amide bonds. The molecule has 4 heterocycles. The Kier molecular flexibility index (Phi) is 9.35. The summed E-state index contributed by atoms with van der Waals surface area (Å²) in [4.78, 5) is 0. The van der Waals surface area contributed by atoms with Crippen molar-refractivity contribution in [3.05, 3.63) is 97.4 Å². The van der Waals surface area contributed by atoms with E-state index in [1.165, 1.54) is 32.9 Å². The van der Waals surface area contributed by atoms with Crippen LogP contribution < -0.4 is 0 Å². The Balaban J connectivity index is 0.000000181. The van der Waals surface area contributed by atoms with Gasteiger partial charge in [0.2, 0.25) is 0 Å². The van der Waals surface area contributed by atoms with Crippen molar-refractivity contribution in [3.63, 3.8) is 0 Å². The monoisotopic (exact) mass is 622 g/mol. The van der Waals surface area contributed by atoms with Crippen molar-refractivity contribution in [3.8, 4) is 0 Å². The highest BCUT2D eigenvalue weighted by Crippen LogP contribution is 2.41. The van der Waals surface area contributed by atoms with Gasteiger partial charge in [0.15, 0.2) is 0 Å². The van der Waals surface area contributed by atoms with Crippen molar-refractivity contribution in [1.29, 1.82) is 0 Å². The summed E-state index contributed by atoms with van der Waals surface area (Å²) < 4.78 is 28.8. The predicted molar refractivity (Wildman–Crippen MR) is 193 cm³/mol. The van der Waals surface area contributed by atoms with Crippen LogP contribution in [0.2, 0.25) is 12.6 Å². The third-order valence-electron chi connectivity index (χ3n) is 10.7. The van der Waals surface area contributed by atoms with Gasteiger partial charge >= 0.3 is 14.2 Å². The molecule has 2 saturated heterocycles. The molecule has 2 aromatic heterocycles. The minimum absolute atomic E-state index is 0.202. The van der Waals surface area contributed by atoms with Crippen molar-refractivity contribution in [1.82, 2.24) is 9.13 Å². The van der Waals surface area contributed by atoms with Crippen LogP contribution >= 0.6 is 0 Å². The maximum atomic E-state index is 6.14. The molecule has 6 nitrogen and oxygen atoms in total. The first-order chi connectivity index (χ1) is 21.5. The number of benzene rings is 2. The smallest absolute Gasteiger partial charge is 0.403 e. The second-order valence-corrected chi connectivity index (χ2v) is 15.0. The van der Waals surface area contributed by atoms with Gasteiger partial charge in [0, 0.05) is 49.4 Å². The highest BCUT2D eigenvalue weighted by atomic mass is 16.7. The Morgan fingerprint density at radius 1 is 0.587 bits per heavy atom. The summed E-state index contributed by atoms with van der Waals surface area (Å²) in [6, 6.07) is 17.5. The van der Waals surface area contributed by atoms with Gasteiger partial charge in [-0.25, -0.2) is 0 Å². The normalized spacial score (nSPS) is 20.8. The van der Waals surface area contributed by atoms with Crippen LogP contribution in [-0.4, -0.2) is 45.8 Å². The highest BCUT2D eigenvalue weighted by Gasteiger charge is 2.52. The lowest BCUT2D eigenvalue weighted by Crippen LogP contribution is -2.41. The predicted octanol–water partition coefficient (Wildman–Crippen LogP) is 9.08. The zero-order valence-electron chi connectivity index (χ0n) is 29.6. The SMILES string of the molecule is C=C[C@@H](CB1OC(C)(C)C(C)(C)O1)c1ccc2ccn(C)c2c1.C=C[C@@H](CB1OC(C)(C)C(C)(C)O1)c1ccc2ccn(C)c2c1. The molecular weight excluding hydrogens is 570 g/mol. The number of hydrogen-bond donors (Lipinski definition) is 0. The Morgan fingerprint density at radius 3 is 1.22 bits per heavy atom. The largest absolute Gasteiger partial charge is 0.458 e. The molecular formula is C38H52B2N2O4. The van der Waals surface area contributed by atoms with Crippen LogP contribution in [0, 0.1) is 0 Å². The van der Waals surface area contributed by atoms with Gasteiger partial charge in [-0.2, -0.15) is 0 Å². The van der Waals surface area contributed by atoms with Gasteiger partial charge in [-0.3, -0.25) is 0 Å². The molecule has 0 N–H and O–H groups in total. The Bertz CT molecular complexity index is 1560. The summed E-state index contributed by atoms with van der Waals surface area (Å²) in [5.74, 6) is 0.424. The number of allylic oxidation sites excluding steroid dienone is 2. The number of aromatic nitrogens is 2. The Hall–Kier alpha value is -3.03. The number of hydrogen-bond acceptors (Lipinski definition) is 4. The third-order valence-corrected chi connectivity index (χ3v) is 10.7. The first kappa shape index (κ1) is 34.3. The number of nitrogens with zero attached hydrogens (tertiary/aromatic N) is 2. The van der Waals surface area contributed by atoms with Crippen molar-refractivity contribution in [2.45, 2.75) is 102 Å². The zero-order chi connectivity index (χ0) is 33.7. The number of aryl methyl sites for hydroxylation is 2. The summed E-state index contributed by atoms with van der Waals surface area (Å²) in [5.41, 5.74) is 3.84. The van der Waals surface area contributed by atoms with Gasteiger partial charge in [-0.05, 0) is 114 Å². The maximum Gasteiger partial charge on any atom is 0.458 e. The average Bonchev–Trinajstić information content (AvgIpc) is 3.66. The van der Waals surface area contributed by atoms with Crippen molar-refractivity contribution >= 4 is 36.0 Å². The van der Waals surface area contributed by atoms with E-state index >= 15 is 0 Å². The molecule has 2 aromatic carbocycles. The van der Waals surface area contributed by atoms with Gasteiger partial charge in [0.05, 0.1) is 22.4 Å². The molecule has 46 heavy (non-hydrogen) atoms. The Labute approximate surface area is 277 Å². The lowest BCUT2D eigenvalue weighted by molar-refractivity contribution is 0.00578. The summed E-state index contributed by atoms with van der Waals surface area (Å²) in [5, 5.41) is 2.52. The fraction of sp³-hybridized carbons (Fsp3) is 0.474. The van der Waals surface area contributed by atoms with E-state index in [-0.39, 0.29) is 48.5 Å². The molecule has 2 aliphatic heterocycles. The van der Waals surface area contributed by atoms with Crippen LogP contribution in [-0.2, 0) is 32.7 Å². The van der Waals surface area contributed by atoms with Crippen LogP contribution in [0.3, 0.4) is 0 Å². The Morgan fingerprint density at radius 2 is 0.913 bits per heavy atom. The van der Waals surface area contributed by atoms with Gasteiger partial charge in [0.1, 0.15) is 0 Å². The minimum Gasteiger partial charge on any atom is -0.403 e. The molecule has 0 bridgehead atoms. The van der Waals surface area contributed by atoms with Gasteiger partial charge in [-0.1, -0.05) is 36.4 Å². The molecule has 8 heteroatoms. The second-order valence-electron chi connectivity index (χ2n) is 15.0. The van der Waals surface area contributed by atoms with Crippen LogP contribution in [0.1, 0.15) is 78.4 Å². The maximum absolute atomic E-state index is 6.14. The van der Waals surface area contributed by atoms with E-state index in [0.717, 1.165) is 12.6 Å². The fourth-order valence-electron chi connectivity index (χ4n) is 6.29. The van der Waals surface area contributed by atoms with E-state index in [1.807, 2.05) is 12.2 Å². The molecule has 6 rings (SSSR count). The van der Waals surface area contributed by atoms with E-state index in [2.05, 4.69) is 153 Å². The topological polar surface area (TPSA) is 46.8 Å². The average molecular weight is 622 g/mol. The van der Waals surface area contributed by atoms with E-state index < -0.39 is 0 Å². The number of fused-ring (bicyclic) bond motifs is 2. The molecule has 244 valence electrons. The van der Waals surface area contributed by atoms with Gasteiger partial charge in [-0.15, -0.1) is 13.2 Å². The standard InChI is InChI=1S/2C19H26BNO2/c2*1-7-14(13-20-22-18(2,3)19(4,5)23-20)16-9-8-15-10-11-21(6)17(15)12-16/h2*7-12,14H,1,13H2,2-6H3/t2*14-/m00/s1. The lowest BCUT2D eigenvalue weighted by Gasteiger charge is -2.32. The molecule has 0 spiro atoms. The quantitative estimate of drug-likeness (QED) is 0.145. The van der Waals surface area contributed by atoms with Gasteiger partial charge in [0.25, 0.3) is 0 Å². The third kappa shape index (κ3) is 6.68. The van der Waals surface area contributed by atoms with E-state index in [9.17, 15) is 0 Å². The summed E-state index contributed by atoms with van der Waals surface area (Å²) >= 11 is 0. The molecule has 2 atom stereocenters. The molecule has 0 radical (unpaired) electrons. The summed E-state index contributed by atoms with van der Waals surface area (Å²) in [6.07, 6.45) is 9.74. The van der Waals surface area contributed by atoms with Crippen molar-refractivity contribution in [2.75, 3.05) is 0 Å².